The number of ether oxygens (including phenoxy) is 1. The summed E-state index contributed by atoms with van der Waals surface area (Å²) in [6, 6.07) is 8.26. The van der Waals surface area contributed by atoms with Gasteiger partial charge in [-0.25, -0.2) is 0 Å². The molecule has 0 bridgehead atoms. The molecule has 0 aliphatic heterocycles. The lowest BCUT2D eigenvalue weighted by Crippen LogP contribution is -2.28. The summed E-state index contributed by atoms with van der Waals surface area (Å²) in [5.74, 6) is -0.455. The second kappa shape index (κ2) is 7.17. The molecule has 0 amide bonds. The zero-order chi connectivity index (χ0) is 12.7. The molecule has 0 radical (unpaired) electrons. The van der Waals surface area contributed by atoms with Crippen LogP contribution < -0.4 is 4.90 Å². The van der Waals surface area contributed by atoms with E-state index in [-0.39, 0.29) is 11.8 Å². The molecule has 0 fully saturated rings. The van der Waals surface area contributed by atoms with Gasteiger partial charge in [-0.3, -0.25) is 4.79 Å². The van der Waals surface area contributed by atoms with Gasteiger partial charge in [0.05, 0.1) is 6.54 Å². The molecule has 17 heavy (non-hydrogen) atoms. The number of rotatable bonds is 6. The second-order valence-corrected chi connectivity index (χ2v) is 4.04. The lowest BCUT2D eigenvalue weighted by molar-refractivity contribution is -0.140. The third kappa shape index (κ3) is 4.65. The quantitative estimate of drug-likeness (QED) is 0.578. The fourth-order valence-corrected chi connectivity index (χ4v) is 1.68. The molecule has 4 heteroatoms. The van der Waals surface area contributed by atoms with Crippen molar-refractivity contribution >= 4 is 23.3 Å². The van der Waals surface area contributed by atoms with Gasteiger partial charge in [0, 0.05) is 12.2 Å². The average molecular weight is 256 g/mol. The lowest BCUT2D eigenvalue weighted by atomic mass is 10.2. The number of anilines is 1. The number of likely N-dealkylation sites (N-methyl/N-ethyl adjacent to an activating group) is 1. The number of benzene rings is 1. The largest absolute Gasteiger partial charge is 0.463 e. The first-order chi connectivity index (χ1) is 8.17. The summed E-state index contributed by atoms with van der Waals surface area (Å²) >= 11 is 5.35. The first-order valence-electron chi connectivity index (χ1n) is 5.70. The van der Waals surface area contributed by atoms with Crippen molar-refractivity contribution in [1.82, 2.24) is 0 Å². The van der Waals surface area contributed by atoms with Crippen molar-refractivity contribution in [2.24, 2.45) is 0 Å². The number of hydrogen-bond donors (Lipinski definition) is 0. The second-order valence-electron chi connectivity index (χ2n) is 3.77. The van der Waals surface area contributed by atoms with Crippen molar-refractivity contribution in [1.29, 1.82) is 0 Å². The summed E-state index contributed by atoms with van der Waals surface area (Å²) in [6.45, 7) is 6.06. The highest BCUT2D eigenvalue weighted by Gasteiger charge is 2.06. The smallest absolute Gasteiger partial charge is 0.320 e. The highest BCUT2D eigenvalue weighted by molar-refractivity contribution is 6.26. The van der Waals surface area contributed by atoms with Gasteiger partial charge in [0.1, 0.15) is 12.5 Å². The predicted octanol–water partition coefficient (Wildman–Crippen LogP) is 2.60. The molecular weight excluding hydrogens is 238 g/mol. The Balaban J connectivity index is 2.51. The van der Waals surface area contributed by atoms with Gasteiger partial charge in [0.2, 0.25) is 0 Å². The SMILES string of the molecule is CCN(CCOC(=O)CCl)c1cccc(C)c1. The number of aryl methyl sites for hydroxylation is 1. The molecule has 3 nitrogen and oxygen atoms in total. The first-order valence-corrected chi connectivity index (χ1v) is 6.24. The topological polar surface area (TPSA) is 29.5 Å². The molecule has 0 saturated carbocycles. The van der Waals surface area contributed by atoms with Crippen LogP contribution in [-0.4, -0.2) is 31.5 Å². The Labute approximate surface area is 107 Å². The van der Waals surface area contributed by atoms with Crippen LogP contribution in [0.3, 0.4) is 0 Å². The van der Waals surface area contributed by atoms with Gasteiger partial charge in [0.15, 0.2) is 0 Å². The van der Waals surface area contributed by atoms with Crippen molar-refractivity contribution in [3.8, 4) is 0 Å². The maximum Gasteiger partial charge on any atom is 0.320 e. The predicted molar refractivity (Wildman–Crippen MR) is 70.7 cm³/mol. The van der Waals surface area contributed by atoms with Gasteiger partial charge >= 0.3 is 5.97 Å². The van der Waals surface area contributed by atoms with Crippen molar-refractivity contribution in [3.05, 3.63) is 29.8 Å². The number of carbonyl (C=O) groups excluding carboxylic acids is 1. The van der Waals surface area contributed by atoms with Gasteiger partial charge in [-0.1, -0.05) is 12.1 Å². The number of alkyl halides is 1. The standard InChI is InChI=1S/C13H18ClNO2/c1-3-15(7-8-17-13(16)10-14)12-6-4-5-11(2)9-12/h4-6,9H,3,7-8,10H2,1-2H3. The van der Waals surface area contributed by atoms with Gasteiger partial charge in [-0.2, -0.15) is 0 Å². The summed E-state index contributed by atoms with van der Waals surface area (Å²) < 4.78 is 4.96. The molecule has 0 atom stereocenters. The summed E-state index contributed by atoms with van der Waals surface area (Å²) in [6.07, 6.45) is 0. The lowest BCUT2D eigenvalue weighted by Gasteiger charge is -2.23. The van der Waals surface area contributed by atoms with Crippen molar-refractivity contribution in [2.45, 2.75) is 13.8 Å². The fourth-order valence-electron chi connectivity index (χ4n) is 1.60. The molecule has 0 heterocycles. The van der Waals surface area contributed by atoms with E-state index in [0.29, 0.717) is 13.2 Å². The Morgan fingerprint density at radius 3 is 2.82 bits per heavy atom. The minimum atomic E-state index is -0.369. The molecule has 0 spiro atoms. The van der Waals surface area contributed by atoms with Crippen LogP contribution in [0.15, 0.2) is 24.3 Å². The van der Waals surface area contributed by atoms with E-state index in [1.54, 1.807) is 0 Å². The minimum absolute atomic E-state index is 0.0867. The van der Waals surface area contributed by atoms with Gasteiger partial charge < -0.3 is 9.64 Å². The van der Waals surface area contributed by atoms with E-state index in [1.807, 2.05) is 6.07 Å². The minimum Gasteiger partial charge on any atom is -0.463 e. The van der Waals surface area contributed by atoms with Crippen LogP contribution in [0.5, 0.6) is 0 Å². The number of hydrogen-bond acceptors (Lipinski definition) is 3. The normalized spacial score (nSPS) is 10.1. The first kappa shape index (κ1) is 13.8. The molecule has 0 saturated heterocycles. The monoisotopic (exact) mass is 255 g/mol. The van der Waals surface area contributed by atoms with Crippen LogP contribution >= 0.6 is 11.6 Å². The summed E-state index contributed by atoms with van der Waals surface area (Å²) in [5.41, 5.74) is 2.37. The van der Waals surface area contributed by atoms with Crippen molar-refractivity contribution in [3.63, 3.8) is 0 Å². The Kier molecular flexibility index (Phi) is 5.84. The Morgan fingerprint density at radius 2 is 2.24 bits per heavy atom. The van der Waals surface area contributed by atoms with E-state index in [0.717, 1.165) is 12.2 Å². The molecule has 0 aliphatic carbocycles. The van der Waals surface area contributed by atoms with Gasteiger partial charge in [-0.05, 0) is 31.5 Å². The molecule has 0 N–H and O–H groups in total. The van der Waals surface area contributed by atoms with E-state index in [2.05, 4.69) is 36.9 Å². The van der Waals surface area contributed by atoms with Crippen molar-refractivity contribution < 1.29 is 9.53 Å². The van der Waals surface area contributed by atoms with E-state index >= 15 is 0 Å². The Hall–Kier alpha value is -1.22. The maximum absolute atomic E-state index is 10.9. The molecule has 0 aromatic heterocycles. The molecule has 0 aliphatic rings. The van der Waals surface area contributed by atoms with E-state index in [9.17, 15) is 4.79 Å². The van der Waals surface area contributed by atoms with Crippen LogP contribution in [-0.2, 0) is 9.53 Å². The number of esters is 1. The third-order valence-corrected chi connectivity index (χ3v) is 2.70. The Morgan fingerprint density at radius 1 is 1.47 bits per heavy atom. The van der Waals surface area contributed by atoms with Gasteiger partial charge in [-0.15, -0.1) is 11.6 Å². The molecule has 94 valence electrons. The maximum atomic E-state index is 10.9. The average Bonchev–Trinajstić information content (AvgIpc) is 2.34. The van der Waals surface area contributed by atoms with Gasteiger partial charge in [0.25, 0.3) is 0 Å². The molecule has 1 rings (SSSR count). The Bertz CT molecular complexity index is 368. The molecule has 1 aromatic carbocycles. The highest BCUT2D eigenvalue weighted by atomic mass is 35.5. The summed E-state index contributed by atoms with van der Waals surface area (Å²) in [4.78, 5) is 13.1. The number of carbonyl (C=O) groups is 1. The van der Waals surface area contributed by atoms with E-state index in [4.69, 9.17) is 16.3 Å². The zero-order valence-electron chi connectivity index (χ0n) is 10.3. The van der Waals surface area contributed by atoms with E-state index < -0.39 is 0 Å². The summed E-state index contributed by atoms with van der Waals surface area (Å²) in [7, 11) is 0. The molecule has 1 aromatic rings. The third-order valence-electron chi connectivity index (χ3n) is 2.48. The van der Waals surface area contributed by atoms with Crippen LogP contribution in [0.2, 0.25) is 0 Å². The zero-order valence-corrected chi connectivity index (χ0v) is 11.0. The highest BCUT2D eigenvalue weighted by Crippen LogP contribution is 2.15. The van der Waals surface area contributed by atoms with Crippen molar-refractivity contribution in [2.75, 3.05) is 30.5 Å². The van der Waals surface area contributed by atoms with Crippen LogP contribution in [0.25, 0.3) is 0 Å². The van der Waals surface area contributed by atoms with Crippen LogP contribution in [0.4, 0.5) is 5.69 Å². The molecule has 0 unspecified atom stereocenters. The van der Waals surface area contributed by atoms with E-state index in [1.165, 1.54) is 5.56 Å². The summed E-state index contributed by atoms with van der Waals surface area (Å²) in [5, 5.41) is 0. The molecular formula is C13H18ClNO2. The number of nitrogens with zero attached hydrogens (tertiary/aromatic N) is 1. The fraction of sp³-hybridized carbons (Fsp3) is 0.462. The number of halogens is 1. The van der Waals surface area contributed by atoms with Crippen LogP contribution in [0.1, 0.15) is 12.5 Å². The van der Waals surface area contributed by atoms with Crippen LogP contribution in [0, 0.1) is 6.92 Å².